The fraction of sp³-hybridized carbons (Fsp3) is 0.588. The first-order valence-corrected chi connectivity index (χ1v) is 7.83. The number of carbonyl (C=O) groups excluding carboxylic acids is 1. The SMILES string of the molecule is COc1ccccc1C(C)NC(=O)CCC1CCNCC1.Cl. The predicted octanol–water partition coefficient (Wildman–Crippen LogP) is 3.07. The van der Waals surface area contributed by atoms with Crippen LogP contribution >= 0.6 is 12.4 Å². The molecule has 0 bridgehead atoms. The highest BCUT2D eigenvalue weighted by molar-refractivity contribution is 5.85. The van der Waals surface area contributed by atoms with E-state index in [0.29, 0.717) is 12.3 Å². The molecule has 1 saturated heterocycles. The molecule has 1 aliphatic heterocycles. The van der Waals surface area contributed by atoms with Crippen molar-refractivity contribution in [3.63, 3.8) is 0 Å². The van der Waals surface area contributed by atoms with E-state index in [0.717, 1.165) is 30.8 Å². The van der Waals surface area contributed by atoms with Gasteiger partial charge in [-0.2, -0.15) is 0 Å². The molecule has 4 nitrogen and oxygen atoms in total. The van der Waals surface area contributed by atoms with Crippen LogP contribution in [0.15, 0.2) is 24.3 Å². The monoisotopic (exact) mass is 326 g/mol. The van der Waals surface area contributed by atoms with E-state index in [2.05, 4.69) is 10.6 Å². The van der Waals surface area contributed by atoms with E-state index in [1.165, 1.54) is 12.8 Å². The Morgan fingerprint density at radius 2 is 2.05 bits per heavy atom. The molecule has 0 saturated carbocycles. The van der Waals surface area contributed by atoms with E-state index in [4.69, 9.17) is 4.74 Å². The quantitative estimate of drug-likeness (QED) is 0.844. The number of para-hydroxylation sites is 1. The van der Waals surface area contributed by atoms with E-state index in [1.807, 2.05) is 31.2 Å². The highest BCUT2D eigenvalue weighted by atomic mass is 35.5. The van der Waals surface area contributed by atoms with E-state index in [1.54, 1.807) is 7.11 Å². The molecule has 0 aliphatic carbocycles. The smallest absolute Gasteiger partial charge is 0.220 e. The molecule has 124 valence electrons. The maximum atomic E-state index is 12.1. The Bertz CT molecular complexity index is 462. The number of carbonyl (C=O) groups is 1. The first kappa shape index (κ1) is 18.8. The molecular formula is C17H27ClN2O2. The van der Waals surface area contributed by atoms with Crippen molar-refractivity contribution < 1.29 is 9.53 Å². The van der Waals surface area contributed by atoms with Gasteiger partial charge in [-0.3, -0.25) is 4.79 Å². The van der Waals surface area contributed by atoms with Crippen LogP contribution in [0.25, 0.3) is 0 Å². The second kappa shape index (κ2) is 9.70. The van der Waals surface area contributed by atoms with Gasteiger partial charge in [0, 0.05) is 12.0 Å². The molecule has 1 aromatic rings. The molecule has 22 heavy (non-hydrogen) atoms. The van der Waals surface area contributed by atoms with Gasteiger partial charge in [0.2, 0.25) is 5.91 Å². The highest BCUT2D eigenvalue weighted by Crippen LogP contribution is 2.24. The number of nitrogens with one attached hydrogen (secondary N) is 2. The van der Waals surface area contributed by atoms with Gasteiger partial charge in [-0.15, -0.1) is 12.4 Å². The lowest BCUT2D eigenvalue weighted by molar-refractivity contribution is -0.122. The van der Waals surface area contributed by atoms with Crippen LogP contribution in [0.3, 0.4) is 0 Å². The second-order valence-corrected chi connectivity index (χ2v) is 5.76. The first-order chi connectivity index (χ1) is 10.2. The van der Waals surface area contributed by atoms with Crippen LogP contribution in [0.2, 0.25) is 0 Å². The Morgan fingerprint density at radius 1 is 1.36 bits per heavy atom. The molecule has 1 heterocycles. The number of hydrogen-bond acceptors (Lipinski definition) is 3. The largest absolute Gasteiger partial charge is 0.496 e. The lowest BCUT2D eigenvalue weighted by Gasteiger charge is -2.23. The summed E-state index contributed by atoms with van der Waals surface area (Å²) in [6.45, 7) is 4.17. The number of piperidine rings is 1. The molecule has 0 spiro atoms. The van der Waals surface area contributed by atoms with Gasteiger partial charge in [-0.1, -0.05) is 18.2 Å². The maximum absolute atomic E-state index is 12.1. The van der Waals surface area contributed by atoms with Crippen molar-refractivity contribution in [3.05, 3.63) is 29.8 Å². The van der Waals surface area contributed by atoms with Crippen molar-refractivity contribution in [2.45, 2.75) is 38.6 Å². The summed E-state index contributed by atoms with van der Waals surface area (Å²) < 4.78 is 5.34. The van der Waals surface area contributed by atoms with E-state index < -0.39 is 0 Å². The molecule has 1 unspecified atom stereocenters. The Hall–Kier alpha value is -1.26. The number of methoxy groups -OCH3 is 1. The van der Waals surface area contributed by atoms with Gasteiger partial charge in [-0.25, -0.2) is 0 Å². The molecule has 0 aromatic heterocycles. The third-order valence-corrected chi connectivity index (χ3v) is 4.22. The molecule has 1 aliphatic rings. The first-order valence-electron chi connectivity index (χ1n) is 7.83. The average Bonchev–Trinajstić information content (AvgIpc) is 2.53. The van der Waals surface area contributed by atoms with Crippen LogP contribution in [0.4, 0.5) is 0 Å². The standard InChI is InChI=1S/C17H26N2O2.ClH/c1-13(15-5-3-4-6-16(15)21-2)19-17(20)8-7-14-9-11-18-12-10-14;/h3-6,13-14,18H,7-12H2,1-2H3,(H,19,20);1H. The van der Waals surface area contributed by atoms with Gasteiger partial charge in [-0.05, 0) is 51.3 Å². The number of ether oxygens (including phenoxy) is 1. The van der Waals surface area contributed by atoms with Gasteiger partial charge in [0.25, 0.3) is 0 Å². The molecular weight excluding hydrogens is 300 g/mol. The summed E-state index contributed by atoms with van der Waals surface area (Å²) in [4.78, 5) is 12.1. The molecule has 5 heteroatoms. The topological polar surface area (TPSA) is 50.4 Å². The minimum absolute atomic E-state index is 0. The minimum Gasteiger partial charge on any atom is -0.496 e. The molecule has 1 aromatic carbocycles. The minimum atomic E-state index is -0.0262. The Balaban J connectivity index is 0.00000242. The van der Waals surface area contributed by atoms with Crippen LogP contribution in [-0.2, 0) is 4.79 Å². The van der Waals surface area contributed by atoms with Crippen LogP contribution in [0.5, 0.6) is 5.75 Å². The summed E-state index contributed by atoms with van der Waals surface area (Å²) in [6.07, 6.45) is 3.99. The van der Waals surface area contributed by atoms with Gasteiger partial charge >= 0.3 is 0 Å². The molecule has 1 fully saturated rings. The van der Waals surface area contributed by atoms with E-state index >= 15 is 0 Å². The summed E-state index contributed by atoms with van der Waals surface area (Å²) in [5.74, 6) is 1.65. The fourth-order valence-corrected chi connectivity index (χ4v) is 2.92. The number of rotatable bonds is 6. The third kappa shape index (κ3) is 5.50. The summed E-state index contributed by atoms with van der Waals surface area (Å²) in [7, 11) is 1.66. The third-order valence-electron chi connectivity index (χ3n) is 4.22. The van der Waals surface area contributed by atoms with Crippen LogP contribution in [0.1, 0.15) is 44.2 Å². The van der Waals surface area contributed by atoms with Crippen LogP contribution in [-0.4, -0.2) is 26.1 Å². The Labute approximate surface area is 139 Å². The summed E-state index contributed by atoms with van der Waals surface area (Å²) in [6, 6.07) is 7.80. The average molecular weight is 327 g/mol. The van der Waals surface area contributed by atoms with Gasteiger partial charge in [0.1, 0.15) is 5.75 Å². The Morgan fingerprint density at radius 3 is 2.73 bits per heavy atom. The van der Waals surface area contributed by atoms with Crippen molar-refractivity contribution in [2.24, 2.45) is 5.92 Å². The van der Waals surface area contributed by atoms with Crippen molar-refractivity contribution in [1.82, 2.24) is 10.6 Å². The summed E-state index contributed by atoms with van der Waals surface area (Å²) in [5.41, 5.74) is 1.02. The molecule has 1 atom stereocenters. The zero-order valence-electron chi connectivity index (χ0n) is 13.4. The van der Waals surface area contributed by atoms with Crippen LogP contribution < -0.4 is 15.4 Å². The zero-order valence-corrected chi connectivity index (χ0v) is 14.2. The van der Waals surface area contributed by atoms with Gasteiger partial charge < -0.3 is 15.4 Å². The molecule has 1 amide bonds. The number of halogens is 1. The normalized spacial score (nSPS) is 16.5. The summed E-state index contributed by atoms with van der Waals surface area (Å²) >= 11 is 0. The van der Waals surface area contributed by atoms with E-state index in [9.17, 15) is 4.79 Å². The number of benzene rings is 1. The van der Waals surface area contributed by atoms with Gasteiger partial charge in [0.15, 0.2) is 0 Å². The second-order valence-electron chi connectivity index (χ2n) is 5.76. The highest BCUT2D eigenvalue weighted by Gasteiger charge is 2.17. The molecule has 2 rings (SSSR count). The fourth-order valence-electron chi connectivity index (χ4n) is 2.92. The predicted molar refractivity (Wildman–Crippen MR) is 91.6 cm³/mol. The Kier molecular flexibility index (Phi) is 8.28. The number of amides is 1. The van der Waals surface area contributed by atoms with E-state index in [-0.39, 0.29) is 24.4 Å². The van der Waals surface area contributed by atoms with Crippen molar-refractivity contribution >= 4 is 18.3 Å². The lowest BCUT2D eigenvalue weighted by atomic mass is 9.93. The molecule has 2 N–H and O–H groups in total. The van der Waals surface area contributed by atoms with Crippen molar-refractivity contribution in [1.29, 1.82) is 0 Å². The van der Waals surface area contributed by atoms with Crippen molar-refractivity contribution in [3.8, 4) is 5.75 Å². The number of hydrogen-bond donors (Lipinski definition) is 2. The molecule has 0 radical (unpaired) electrons. The van der Waals surface area contributed by atoms with Crippen molar-refractivity contribution in [2.75, 3.05) is 20.2 Å². The maximum Gasteiger partial charge on any atom is 0.220 e. The van der Waals surface area contributed by atoms with Gasteiger partial charge in [0.05, 0.1) is 13.2 Å². The lowest BCUT2D eigenvalue weighted by Crippen LogP contribution is -2.30. The van der Waals surface area contributed by atoms with Crippen LogP contribution in [0, 0.1) is 5.92 Å². The zero-order chi connectivity index (χ0) is 15.1. The summed E-state index contributed by atoms with van der Waals surface area (Å²) in [5, 5.41) is 6.43.